The highest BCUT2D eigenvalue weighted by atomic mass is 16.6. The number of amides is 2. The summed E-state index contributed by atoms with van der Waals surface area (Å²) in [6.07, 6.45) is 2.72. The second-order valence-corrected chi connectivity index (χ2v) is 6.70. The molecule has 20 heavy (non-hydrogen) atoms. The second-order valence-electron chi connectivity index (χ2n) is 6.70. The molecule has 1 aliphatic heterocycles. The van der Waals surface area contributed by atoms with E-state index in [1.165, 1.54) is 6.08 Å². The van der Waals surface area contributed by atoms with Crippen LogP contribution in [0.5, 0.6) is 0 Å². The van der Waals surface area contributed by atoms with E-state index < -0.39 is 5.60 Å². The molecule has 0 spiro atoms. The molecule has 5 heteroatoms. The van der Waals surface area contributed by atoms with Gasteiger partial charge >= 0.3 is 6.09 Å². The molecule has 0 aromatic rings. The van der Waals surface area contributed by atoms with E-state index in [1.54, 1.807) is 4.90 Å². The Morgan fingerprint density at radius 1 is 1.35 bits per heavy atom. The number of piperidine rings is 1. The summed E-state index contributed by atoms with van der Waals surface area (Å²) in [6, 6.07) is 0. The Balaban J connectivity index is 2.44. The topological polar surface area (TPSA) is 58.6 Å². The molecule has 2 amide bonds. The van der Waals surface area contributed by atoms with Crippen LogP contribution in [0.2, 0.25) is 0 Å². The summed E-state index contributed by atoms with van der Waals surface area (Å²) >= 11 is 0. The minimum Gasteiger partial charge on any atom is -0.444 e. The van der Waals surface area contributed by atoms with Crippen LogP contribution in [0.1, 0.15) is 40.5 Å². The largest absolute Gasteiger partial charge is 0.444 e. The van der Waals surface area contributed by atoms with Crippen LogP contribution in [0.3, 0.4) is 0 Å². The second kappa shape index (κ2) is 6.29. The van der Waals surface area contributed by atoms with E-state index >= 15 is 0 Å². The average molecular weight is 282 g/mol. The van der Waals surface area contributed by atoms with Gasteiger partial charge < -0.3 is 15.0 Å². The van der Waals surface area contributed by atoms with Gasteiger partial charge in [-0.05, 0) is 45.1 Å². The van der Waals surface area contributed by atoms with Gasteiger partial charge in [0.2, 0.25) is 5.91 Å². The van der Waals surface area contributed by atoms with Gasteiger partial charge in [0.1, 0.15) is 5.60 Å². The van der Waals surface area contributed by atoms with Crippen molar-refractivity contribution in [3.8, 4) is 0 Å². The van der Waals surface area contributed by atoms with E-state index in [1.807, 2.05) is 20.8 Å². The van der Waals surface area contributed by atoms with Crippen molar-refractivity contribution in [1.82, 2.24) is 10.2 Å². The van der Waals surface area contributed by atoms with Crippen LogP contribution in [0.15, 0.2) is 12.7 Å². The van der Waals surface area contributed by atoms with E-state index in [-0.39, 0.29) is 17.4 Å². The van der Waals surface area contributed by atoms with Gasteiger partial charge in [-0.25, -0.2) is 4.79 Å². The Hall–Kier alpha value is -1.52. The molecule has 0 aromatic carbocycles. The minimum atomic E-state index is -0.463. The number of carbonyl (C=O) groups excluding carboxylic acids is 2. The molecule has 0 bridgehead atoms. The van der Waals surface area contributed by atoms with Gasteiger partial charge in [-0.3, -0.25) is 4.79 Å². The summed E-state index contributed by atoms with van der Waals surface area (Å²) in [5.41, 5.74) is -0.438. The third-order valence-corrected chi connectivity index (χ3v) is 3.50. The number of nitrogens with one attached hydrogen (secondary N) is 1. The third-order valence-electron chi connectivity index (χ3n) is 3.50. The standard InChI is InChI=1S/C15H26N2O3/c1-6-12(18)16-11-15(5)7-9-17(10-8-15)13(19)20-14(2,3)4/h6H,1,7-11H2,2-5H3,(H,16,18). The number of rotatable bonds is 3. The normalized spacial score (nSPS) is 18.3. The Bertz CT molecular complexity index is 377. The predicted octanol–water partition coefficient (Wildman–Crippen LogP) is 2.33. The molecule has 0 aromatic heterocycles. The van der Waals surface area contributed by atoms with E-state index in [0.717, 1.165) is 12.8 Å². The molecule has 1 rings (SSSR count). The monoisotopic (exact) mass is 282 g/mol. The van der Waals surface area contributed by atoms with Crippen LogP contribution in [-0.2, 0) is 9.53 Å². The van der Waals surface area contributed by atoms with Gasteiger partial charge in [0.25, 0.3) is 0 Å². The number of nitrogens with zero attached hydrogens (tertiary/aromatic N) is 1. The molecule has 0 saturated carbocycles. The van der Waals surface area contributed by atoms with Crippen LogP contribution in [0, 0.1) is 5.41 Å². The minimum absolute atomic E-state index is 0.0250. The number of likely N-dealkylation sites (tertiary alicyclic amines) is 1. The van der Waals surface area contributed by atoms with Gasteiger partial charge in [-0.1, -0.05) is 13.5 Å². The highest BCUT2D eigenvalue weighted by molar-refractivity contribution is 5.86. The number of ether oxygens (including phenoxy) is 1. The van der Waals surface area contributed by atoms with E-state index in [9.17, 15) is 9.59 Å². The highest BCUT2D eigenvalue weighted by Crippen LogP contribution is 2.30. The van der Waals surface area contributed by atoms with Gasteiger partial charge in [0.15, 0.2) is 0 Å². The van der Waals surface area contributed by atoms with E-state index in [4.69, 9.17) is 4.74 Å². The lowest BCUT2D eigenvalue weighted by Crippen LogP contribution is -2.47. The van der Waals surface area contributed by atoms with Crippen molar-refractivity contribution in [2.75, 3.05) is 19.6 Å². The van der Waals surface area contributed by atoms with Gasteiger partial charge in [0, 0.05) is 19.6 Å². The highest BCUT2D eigenvalue weighted by Gasteiger charge is 2.33. The zero-order valence-corrected chi connectivity index (χ0v) is 13.0. The molecule has 1 aliphatic rings. The summed E-state index contributed by atoms with van der Waals surface area (Å²) in [4.78, 5) is 24.9. The molecular formula is C15H26N2O3. The van der Waals surface area contributed by atoms with Gasteiger partial charge in [0.05, 0.1) is 0 Å². The van der Waals surface area contributed by atoms with Crippen molar-refractivity contribution >= 4 is 12.0 Å². The molecule has 1 N–H and O–H groups in total. The van der Waals surface area contributed by atoms with Crippen LogP contribution < -0.4 is 5.32 Å². The Morgan fingerprint density at radius 2 is 1.90 bits per heavy atom. The quantitative estimate of drug-likeness (QED) is 0.808. The lowest BCUT2D eigenvalue weighted by Gasteiger charge is -2.39. The van der Waals surface area contributed by atoms with Crippen LogP contribution in [0.25, 0.3) is 0 Å². The molecule has 1 fully saturated rings. The maximum Gasteiger partial charge on any atom is 0.410 e. The first-order valence-corrected chi connectivity index (χ1v) is 7.03. The van der Waals surface area contributed by atoms with Crippen molar-refractivity contribution in [1.29, 1.82) is 0 Å². The lowest BCUT2D eigenvalue weighted by atomic mass is 9.80. The Kier molecular flexibility index (Phi) is 5.20. The molecule has 114 valence electrons. The molecule has 0 aliphatic carbocycles. The Labute approximate surface area is 121 Å². The first kappa shape index (κ1) is 16.5. The summed E-state index contributed by atoms with van der Waals surface area (Å²) in [6.45, 7) is 13.1. The van der Waals surface area contributed by atoms with E-state index in [0.29, 0.717) is 19.6 Å². The zero-order valence-electron chi connectivity index (χ0n) is 13.0. The van der Waals surface area contributed by atoms with Crippen LogP contribution >= 0.6 is 0 Å². The summed E-state index contributed by atoms with van der Waals surface area (Å²) < 4.78 is 5.36. The van der Waals surface area contributed by atoms with Crippen LogP contribution in [0.4, 0.5) is 4.79 Å². The maximum atomic E-state index is 12.0. The zero-order chi connectivity index (χ0) is 15.4. The molecule has 1 saturated heterocycles. The number of hydrogen-bond acceptors (Lipinski definition) is 3. The van der Waals surface area contributed by atoms with E-state index in [2.05, 4.69) is 18.8 Å². The smallest absolute Gasteiger partial charge is 0.410 e. The fourth-order valence-corrected chi connectivity index (χ4v) is 2.11. The van der Waals surface area contributed by atoms with Crippen LogP contribution in [-0.4, -0.2) is 42.1 Å². The van der Waals surface area contributed by atoms with Gasteiger partial charge in [-0.15, -0.1) is 0 Å². The molecule has 0 unspecified atom stereocenters. The molecule has 1 heterocycles. The van der Waals surface area contributed by atoms with Crippen molar-refractivity contribution < 1.29 is 14.3 Å². The van der Waals surface area contributed by atoms with Gasteiger partial charge in [-0.2, -0.15) is 0 Å². The first-order chi connectivity index (χ1) is 9.15. The van der Waals surface area contributed by atoms with Crippen molar-refractivity contribution in [3.63, 3.8) is 0 Å². The third kappa shape index (κ3) is 5.23. The lowest BCUT2D eigenvalue weighted by molar-refractivity contribution is -0.117. The Morgan fingerprint density at radius 3 is 2.35 bits per heavy atom. The predicted molar refractivity (Wildman–Crippen MR) is 78.4 cm³/mol. The van der Waals surface area contributed by atoms with Crippen molar-refractivity contribution in [2.45, 2.75) is 46.1 Å². The molecule has 5 nitrogen and oxygen atoms in total. The first-order valence-electron chi connectivity index (χ1n) is 7.03. The summed E-state index contributed by atoms with van der Waals surface area (Å²) in [7, 11) is 0. The number of hydrogen-bond donors (Lipinski definition) is 1. The molecule has 0 atom stereocenters. The fraction of sp³-hybridized carbons (Fsp3) is 0.733. The average Bonchev–Trinajstić information content (AvgIpc) is 2.34. The molecule has 0 radical (unpaired) electrons. The number of carbonyl (C=O) groups is 2. The van der Waals surface area contributed by atoms with Crippen molar-refractivity contribution in [3.05, 3.63) is 12.7 Å². The SMILES string of the molecule is C=CC(=O)NCC1(C)CCN(C(=O)OC(C)(C)C)CC1. The maximum absolute atomic E-state index is 12.0. The summed E-state index contributed by atoms with van der Waals surface area (Å²) in [5.74, 6) is -0.152. The summed E-state index contributed by atoms with van der Waals surface area (Å²) in [5, 5.41) is 2.83. The fourth-order valence-electron chi connectivity index (χ4n) is 2.11. The molecular weight excluding hydrogens is 256 g/mol. The van der Waals surface area contributed by atoms with Crippen molar-refractivity contribution in [2.24, 2.45) is 5.41 Å².